The molecule has 0 atom stereocenters. The Morgan fingerprint density at radius 2 is 1.55 bits per heavy atom. The molecule has 1 saturated heterocycles. The highest BCUT2D eigenvalue weighted by molar-refractivity contribution is 6.19. The molecular weight excluding hydrogens is 500 g/mol. The number of benzene rings is 4. The van der Waals surface area contributed by atoms with Gasteiger partial charge in [-0.3, -0.25) is 9.69 Å². The van der Waals surface area contributed by atoms with Crippen LogP contribution in [-0.4, -0.2) is 56.5 Å². The Balaban J connectivity index is 1.54. The molecule has 0 N–H and O–H groups in total. The van der Waals surface area contributed by atoms with Crippen molar-refractivity contribution in [2.45, 2.75) is 20.3 Å². The van der Waals surface area contributed by atoms with Crippen molar-refractivity contribution in [3.05, 3.63) is 81.6 Å². The second-order valence-electron chi connectivity index (χ2n) is 10.7. The molecule has 5 aromatic rings. The molecule has 206 valence electrons. The zero-order valence-corrected chi connectivity index (χ0v) is 24.0. The highest BCUT2D eigenvalue weighted by atomic mass is 16.5. The Bertz CT molecular complexity index is 1800. The van der Waals surface area contributed by atoms with Crippen LogP contribution in [0.5, 0.6) is 11.5 Å². The Kier molecular flexibility index (Phi) is 6.99. The zero-order chi connectivity index (χ0) is 28.0. The quantitative estimate of drug-likeness (QED) is 0.249. The molecule has 6 nitrogen and oxygen atoms in total. The van der Waals surface area contributed by atoms with Gasteiger partial charge in [0.25, 0.3) is 5.56 Å². The van der Waals surface area contributed by atoms with Crippen molar-refractivity contribution >= 4 is 32.4 Å². The monoisotopic (exact) mass is 536 g/mol. The van der Waals surface area contributed by atoms with Crippen molar-refractivity contribution < 1.29 is 14.2 Å². The molecule has 6 heteroatoms. The Morgan fingerprint density at radius 3 is 2.25 bits per heavy atom. The molecule has 0 saturated carbocycles. The minimum atomic E-state index is 0.0113. The van der Waals surface area contributed by atoms with Crippen molar-refractivity contribution in [3.63, 3.8) is 0 Å². The maximum absolute atomic E-state index is 13.7. The van der Waals surface area contributed by atoms with Gasteiger partial charge in [-0.05, 0) is 59.4 Å². The summed E-state index contributed by atoms with van der Waals surface area (Å²) in [6, 6.07) is 19.2. The molecule has 0 unspecified atom stereocenters. The third kappa shape index (κ3) is 4.32. The van der Waals surface area contributed by atoms with Crippen LogP contribution < -0.4 is 15.0 Å². The molecule has 0 amide bonds. The van der Waals surface area contributed by atoms with Gasteiger partial charge in [0.15, 0.2) is 11.5 Å². The molecule has 4 aromatic carbocycles. The first kappa shape index (κ1) is 26.4. The molecular formula is C34H36N2O4. The maximum Gasteiger partial charge on any atom is 0.258 e. The number of hydrogen-bond acceptors (Lipinski definition) is 5. The van der Waals surface area contributed by atoms with Gasteiger partial charge in [-0.15, -0.1) is 0 Å². The fourth-order valence-corrected chi connectivity index (χ4v) is 6.17. The van der Waals surface area contributed by atoms with E-state index in [1.807, 2.05) is 20.0 Å². The van der Waals surface area contributed by atoms with E-state index in [2.05, 4.69) is 60.4 Å². The highest BCUT2D eigenvalue weighted by Crippen LogP contribution is 2.46. The van der Waals surface area contributed by atoms with E-state index in [0.717, 1.165) is 94.0 Å². The summed E-state index contributed by atoms with van der Waals surface area (Å²) in [5.41, 5.74) is 6.36. The van der Waals surface area contributed by atoms with E-state index in [-0.39, 0.29) is 5.56 Å². The molecule has 0 aliphatic carbocycles. The fourth-order valence-electron chi connectivity index (χ4n) is 6.17. The van der Waals surface area contributed by atoms with E-state index < -0.39 is 0 Å². The van der Waals surface area contributed by atoms with Gasteiger partial charge >= 0.3 is 0 Å². The Hall–Kier alpha value is -3.87. The van der Waals surface area contributed by atoms with Crippen LogP contribution in [0.15, 0.2) is 59.4 Å². The topological polar surface area (TPSA) is 52.9 Å². The standard InChI is InChI=1S/C34H36N2O4/c1-21-6-11-25-27-13-12-26-28(32(27)35(3)34(37)30(25)22(21)2)20-29(38-4)33(39-5)31(26)24-9-7-23(8-10-24)14-15-36-16-18-40-19-17-36/h6-13,20H,14-19H2,1-5H3. The fraction of sp³-hybridized carbons (Fsp3) is 0.324. The number of ether oxygens (including phenoxy) is 3. The summed E-state index contributed by atoms with van der Waals surface area (Å²) in [5, 5.41) is 4.78. The second kappa shape index (κ2) is 10.6. The first-order chi connectivity index (χ1) is 19.4. The largest absolute Gasteiger partial charge is 0.493 e. The van der Waals surface area contributed by atoms with E-state index in [9.17, 15) is 4.79 Å². The lowest BCUT2D eigenvalue weighted by atomic mass is 9.92. The average molecular weight is 537 g/mol. The highest BCUT2D eigenvalue weighted by Gasteiger charge is 2.21. The van der Waals surface area contributed by atoms with Crippen LogP contribution in [0.2, 0.25) is 0 Å². The van der Waals surface area contributed by atoms with Crippen molar-refractivity contribution in [1.82, 2.24) is 9.47 Å². The van der Waals surface area contributed by atoms with Crippen molar-refractivity contribution in [2.75, 3.05) is 47.1 Å². The number of methoxy groups -OCH3 is 2. The van der Waals surface area contributed by atoms with Gasteiger partial charge in [0.2, 0.25) is 0 Å². The predicted molar refractivity (Wildman–Crippen MR) is 163 cm³/mol. The first-order valence-electron chi connectivity index (χ1n) is 13.9. The van der Waals surface area contributed by atoms with E-state index in [0.29, 0.717) is 11.5 Å². The van der Waals surface area contributed by atoms with Crippen LogP contribution >= 0.6 is 0 Å². The zero-order valence-electron chi connectivity index (χ0n) is 24.0. The SMILES string of the molecule is COc1cc2c(ccc3c4ccc(C)c(C)c4c(=O)n(C)c23)c(-c2ccc(CCN3CCOCC3)cc2)c1OC. The van der Waals surface area contributed by atoms with Gasteiger partial charge in [-0.25, -0.2) is 0 Å². The number of aryl methyl sites for hydroxylation is 3. The van der Waals surface area contributed by atoms with Crippen LogP contribution in [0.1, 0.15) is 16.7 Å². The summed E-state index contributed by atoms with van der Waals surface area (Å²) in [6.45, 7) is 8.74. The maximum atomic E-state index is 13.7. The molecule has 1 fully saturated rings. The number of morpholine rings is 1. The predicted octanol–water partition coefficient (Wildman–Crippen LogP) is 6.02. The minimum absolute atomic E-state index is 0.0113. The Labute approximate surface area is 234 Å². The summed E-state index contributed by atoms with van der Waals surface area (Å²) in [6.07, 6.45) is 0.995. The minimum Gasteiger partial charge on any atom is -0.493 e. The van der Waals surface area contributed by atoms with Gasteiger partial charge < -0.3 is 18.8 Å². The van der Waals surface area contributed by atoms with Crippen LogP contribution in [0.25, 0.3) is 43.6 Å². The van der Waals surface area contributed by atoms with Crippen LogP contribution in [0.3, 0.4) is 0 Å². The molecule has 6 rings (SSSR count). The van der Waals surface area contributed by atoms with Gasteiger partial charge in [0.05, 0.1) is 38.3 Å². The first-order valence-corrected chi connectivity index (χ1v) is 13.9. The summed E-state index contributed by atoms with van der Waals surface area (Å²) in [4.78, 5) is 16.2. The molecule has 1 aliphatic rings. The van der Waals surface area contributed by atoms with Gasteiger partial charge in [-0.1, -0.05) is 48.5 Å². The molecule has 2 heterocycles. The van der Waals surface area contributed by atoms with Gasteiger partial charge in [-0.2, -0.15) is 0 Å². The number of aromatic nitrogens is 1. The third-order valence-electron chi connectivity index (χ3n) is 8.58. The van der Waals surface area contributed by atoms with E-state index >= 15 is 0 Å². The number of nitrogens with zero attached hydrogens (tertiary/aromatic N) is 2. The second-order valence-corrected chi connectivity index (χ2v) is 10.7. The summed E-state index contributed by atoms with van der Waals surface area (Å²) in [7, 11) is 5.21. The van der Waals surface area contributed by atoms with E-state index in [4.69, 9.17) is 14.2 Å². The molecule has 0 bridgehead atoms. The molecule has 0 spiro atoms. The number of fused-ring (bicyclic) bond motifs is 5. The van der Waals surface area contributed by atoms with E-state index in [1.54, 1.807) is 18.8 Å². The normalized spacial score (nSPS) is 14.3. The molecule has 40 heavy (non-hydrogen) atoms. The number of hydrogen-bond donors (Lipinski definition) is 0. The molecule has 1 aliphatic heterocycles. The van der Waals surface area contributed by atoms with Crippen LogP contribution in [0, 0.1) is 13.8 Å². The van der Waals surface area contributed by atoms with Crippen molar-refractivity contribution in [2.24, 2.45) is 7.05 Å². The summed E-state index contributed by atoms with van der Waals surface area (Å²) < 4.78 is 19.1. The van der Waals surface area contributed by atoms with Crippen LogP contribution in [0.4, 0.5) is 0 Å². The van der Waals surface area contributed by atoms with Gasteiger partial charge in [0.1, 0.15) is 0 Å². The molecule has 1 aromatic heterocycles. The lowest BCUT2D eigenvalue weighted by molar-refractivity contribution is 0.0384. The number of pyridine rings is 1. The van der Waals surface area contributed by atoms with Crippen LogP contribution in [-0.2, 0) is 18.2 Å². The third-order valence-corrected chi connectivity index (χ3v) is 8.58. The van der Waals surface area contributed by atoms with E-state index in [1.165, 1.54) is 5.56 Å². The summed E-state index contributed by atoms with van der Waals surface area (Å²) in [5.74, 6) is 1.33. The van der Waals surface area contributed by atoms with Crippen molar-refractivity contribution in [1.29, 1.82) is 0 Å². The molecule has 0 radical (unpaired) electrons. The summed E-state index contributed by atoms with van der Waals surface area (Å²) >= 11 is 0. The van der Waals surface area contributed by atoms with Gasteiger partial charge in [0, 0.05) is 43.0 Å². The number of rotatable bonds is 6. The lowest BCUT2D eigenvalue weighted by Gasteiger charge is -2.26. The van der Waals surface area contributed by atoms with Crippen molar-refractivity contribution in [3.8, 4) is 22.6 Å². The lowest BCUT2D eigenvalue weighted by Crippen LogP contribution is -2.37. The Morgan fingerprint density at radius 1 is 0.850 bits per heavy atom. The average Bonchev–Trinajstić information content (AvgIpc) is 2.99. The smallest absolute Gasteiger partial charge is 0.258 e.